The Morgan fingerprint density at radius 2 is 1.92 bits per heavy atom. The molecule has 0 aliphatic carbocycles. The van der Waals surface area contributed by atoms with Crippen molar-refractivity contribution in [1.29, 1.82) is 0 Å². The minimum atomic E-state index is 0. The number of hydrogen-bond donors (Lipinski definition) is 1. The van der Waals surface area contributed by atoms with E-state index in [1.807, 2.05) is 9.80 Å². The summed E-state index contributed by atoms with van der Waals surface area (Å²) >= 11 is 0. The van der Waals surface area contributed by atoms with Crippen molar-refractivity contribution >= 4 is 18.4 Å². The predicted octanol–water partition coefficient (Wildman–Crippen LogP) is 1.46. The first-order valence-corrected chi connectivity index (χ1v) is 9.50. The Kier molecular flexibility index (Phi) is 6.37. The number of rotatable bonds is 2. The van der Waals surface area contributed by atoms with E-state index in [-0.39, 0.29) is 30.4 Å². The Hall–Kier alpha value is -1.38. The predicted molar refractivity (Wildman–Crippen MR) is 99.5 cm³/mol. The summed E-state index contributed by atoms with van der Waals surface area (Å²) < 4.78 is 5.59. The van der Waals surface area contributed by atoms with Crippen LogP contribution in [0.25, 0.3) is 0 Å². The highest BCUT2D eigenvalue weighted by molar-refractivity contribution is 5.85. The maximum Gasteiger partial charge on any atom is 0.320 e. The van der Waals surface area contributed by atoms with Gasteiger partial charge in [0.2, 0.25) is 5.89 Å². The topological polar surface area (TPSA) is 77.7 Å². The van der Waals surface area contributed by atoms with Crippen LogP contribution in [0.15, 0.2) is 4.52 Å². The molecule has 0 spiro atoms. The second-order valence-electron chi connectivity index (χ2n) is 7.45. The van der Waals surface area contributed by atoms with Gasteiger partial charge in [-0.15, -0.1) is 12.4 Å². The molecule has 8 nitrogen and oxygen atoms in total. The van der Waals surface area contributed by atoms with Crippen LogP contribution in [-0.2, 0) is 0 Å². The number of hydrogen-bond acceptors (Lipinski definition) is 6. The fourth-order valence-corrected chi connectivity index (χ4v) is 4.10. The van der Waals surface area contributed by atoms with E-state index in [9.17, 15) is 4.79 Å². The van der Waals surface area contributed by atoms with E-state index >= 15 is 0 Å². The van der Waals surface area contributed by atoms with Crippen molar-refractivity contribution in [1.82, 2.24) is 30.2 Å². The summed E-state index contributed by atoms with van der Waals surface area (Å²) in [5, 5.41) is 7.62. The van der Waals surface area contributed by atoms with Crippen molar-refractivity contribution in [3.63, 3.8) is 0 Å². The Morgan fingerprint density at radius 1 is 1.15 bits per heavy atom. The van der Waals surface area contributed by atoms with Gasteiger partial charge in [-0.25, -0.2) is 4.79 Å². The first-order chi connectivity index (χ1) is 12.2. The highest BCUT2D eigenvalue weighted by Crippen LogP contribution is 2.28. The van der Waals surface area contributed by atoms with Crippen molar-refractivity contribution < 1.29 is 9.32 Å². The van der Waals surface area contributed by atoms with Crippen LogP contribution < -0.4 is 5.32 Å². The molecule has 9 heteroatoms. The summed E-state index contributed by atoms with van der Waals surface area (Å²) in [6.45, 7) is 6.14. The molecule has 2 amide bonds. The number of piperazine rings is 1. The van der Waals surface area contributed by atoms with E-state index in [0.717, 1.165) is 70.8 Å². The fraction of sp³-hybridized carbons (Fsp3) is 0.824. The highest BCUT2D eigenvalue weighted by atomic mass is 35.5. The molecular formula is C17H29ClN6O2. The zero-order valence-corrected chi connectivity index (χ0v) is 16.2. The van der Waals surface area contributed by atoms with Crippen LogP contribution >= 0.6 is 12.4 Å². The molecule has 2 unspecified atom stereocenters. The summed E-state index contributed by atoms with van der Waals surface area (Å²) in [5.41, 5.74) is 0. The molecule has 3 aliphatic heterocycles. The van der Waals surface area contributed by atoms with Crippen LogP contribution in [-0.4, -0.2) is 83.7 Å². The van der Waals surface area contributed by atoms with Gasteiger partial charge in [-0.2, -0.15) is 4.98 Å². The quantitative estimate of drug-likeness (QED) is 0.831. The van der Waals surface area contributed by atoms with E-state index in [1.54, 1.807) is 0 Å². The molecule has 3 saturated heterocycles. The molecule has 0 bridgehead atoms. The smallest absolute Gasteiger partial charge is 0.320 e. The average molecular weight is 385 g/mol. The van der Waals surface area contributed by atoms with Gasteiger partial charge < -0.3 is 19.6 Å². The Morgan fingerprint density at radius 3 is 2.69 bits per heavy atom. The largest absolute Gasteiger partial charge is 0.339 e. The third kappa shape index (κ3) is 3.97. The zero-order valence-electron chi connectivity index (χ0n) is 15.4. The second kappa shape index (κ2) is 8.54. The number of piperidine rings is 1. The van der Waals surface area contributed by atoms with Crippen molar-refractivity contribution in [2.24, 2.45) is 0 Å². The van der Waals surface area contributed by atoms with E-state index in [0.29, 0.717) is 12.4 Å². The number of likely N-dealkylation sites (N-methyl/N-ethyl adjacent to an activating group) is 1. The molecule has 3 fully saturated rings. The Bertz CT molecular complexity index is 606. The molecule has 146 valence electrons. The van der Waals surface area contributed by atoms with Gasteiger partial charge in [0.1, 0.15) is 0 Å². The Balaban J connectivity index is 0.00000196. The molecule has 1 N–H and O–H groups in total. The molecule has 3 aliphatic rings. The third-order valence-electron chi connectivity index (χ3n) is 5.68. The number of aromatic nitrogens is 2. The van der Waals surface area contributed by atoms with E-state index in [2.05, 4.69) is 27.4 Å². The number of carbonyl (C=O) groups excluding carboxylic acids is 1. The number of amides is 2. The van der Waals surface area contributed by atoms with Crippen LogP contribution in [0.4, 0.5) is 4.79 Å². The molecule has 0 radical (unpaired) electrons. The normalized spacial score (nSPS) is 27.4. The van der Waals surface area contributed by atoms with Gasteiger partial charge in [0.25, 0.3) is 0 Å². The van der Waals surface area contributed by atoms with E-state index in [4.69, 9.17) is 4.52 Å². The number of nitrogens with one attached hydrogen (secondary N) is 1. The minimum absolute atomic E-state index is 0. The summed E-state index contributed by atoms with van der Waals surface area (Å²) in [6.07, 6.45) is 4.24. The number of urea groups is 1. The van der Waals surface area contributed by atoms with Gasteiger partial charge in [0.05, 0.1) is 12.0 Å². The number of carbonyl (C=O) groups is 1. The van der Waals surface area contributed by atoms with Crippen LogP contribution in [0.5, 0.6) is 0 Å². The van der Waals surface area contributed by atoms with Crippen LogP contribution in [0, 0.1) is 0 Å². The molecule has 1 aromatic rings. The first kappa shape index (κ1) is 19.4. The van der Waals surface area contributed by atoms with Crippen molar-refractivity contribution in [2.75, 3.05) is 52.9 Å². The van der Waals surface area contributed by atoms with Crippen LogP contribution in [0.3, 0.4) is 0 Å². The van der Waals surface area contributed by atoms with Gasteiger partial charge in [0.15, 0.2) is 5.82 Å². The number of likely N-dealkylation sites (tertiary alicyclic amines) is 2. The lowest BCUT2D eigenvalue weighted by Gasteiger charge is -2.34. The lowest BCUT2D eigenvalue weighted by atomic mass is 9.98. The maximum absolute atomic E-state index is 12.6. The van der Waals surface area contributed by atoms with Gasteiger partial charge in [-0.05, 0) is 32.7 Å². The van der Waals surface area contributed by atoms with Gasteiger partial charge in [-0.3, -0.25) is 4.90 Å². The molecule has 0 saturated carbocycles. The van der Waals surface area contributed by atoms with Gasteiger partial charge >= 0.3 is 6.03 Å². The number of halogens is 1. The molecule has 4 rings (SSSR count). The highest BCUT2D eigenvalue weighted by Gasteiger charge is 2.33. The molecule has 4 heterocycles. The van der Waals surface area contributed by atoms with E-state index in [1.165, 1.54) is 0 Å². The van der Waals surface area contributed by atoms with E-state index < -0.39 is 0 Å². The van der Waals surface area contributed by atoms with Crippen molar-refractivity contribution in [3.05, 3.63) is 11.7 Å². The second-order valence-corrected chi connectivity index (χ2v) is 7.45. The van der Waals surface area contributed by atoms with Gasteiger partial charge in [-0.1, -0.05) is 5.16 Å². The van der Waals surface area contributed by atoms with Crippen molar-refractivity contribution in [2.45, 2.75) is 37.6 Å². The molecule has 1 aromatic heterocycles. The van der Waals surface area contributed by atoms with Crippen LogP contribution in [0.1, 0.15) is 49.4 Å². The summed E-state index contributed by atoms with van der Waals surface area (Å²) in [6, 6.07) is 0.343. The first-order valence-electron chi connectivity index (χ1n) is 9.50. The molecule has 26 heavy (non-hydrogen) atoms. The summed E-state index contributed by atoms with van der Waals surface area (Å²) in [5.74, 6) is 1.60. The number of nitrogens with zero attached hydrogens (tertiary/aromatic N) is 5. The van der Waals surface area contributed by atoms with Gasteiger partial charge in [0, 0.05) is 45.8 Å². The SMILES string of the molecule is CN1CCNCC1c1noc(C2CCCN(C(=O)N3CCCC3)C2)n1.Cl. The molecule has 0 aromatic carbocycles. The standard InChI is InChI=1S/C17H28N6O2.ClH/c1-21-10-6-18-11-14(21)15-19-16(25-20-15)13-5-4-9-23(12-13)17(24)22-7-2-3-8-22;/h13-14,18H,2-12H2,1H3;1H. The van der Waals surface area contributed by atoms with Crippen LogP contribution in [0.2, 0.25) is 0 Å². The molecular weight excluding hydrogens is 356 g/mol. The minimum Gasteiger partial charge on any atom is -0.339 e. The monoisotopic (exact) mass is 384 g/mol. The fourth-order valence-electron chi connectivity index (χ4n) is 4.10. The van der Waals surface area contributed by atoms with Crippen molar-refractivity contribution in [3.8, 4) is 0 Å². The Labute approximate surface area is 160 Å². The lowest BCUT2D eigenvalue weighted by molar-refractivity contribution is 0.141. The zero-order chi connectivity index (χ0) is 17.2. The summed E-state index contributed by atoms with van der Waals surface area (Å²) in [7, 11) is 2.10. The molecule has 2 atom stereocenters. The summed E-state index contributed by atoms with van der Waals surface area (Å²) in [4.78, 5) is 23.5. The maximum atomic E-state index is 12.6. The lowest BCUT2D eigenvalue weighted by Crippen LogP contribution is -2.46. The average Bonchev–Trinajstić information content (AvgIpc) is 3.34. The third-order valence-corrected chi connectivity index (χ3v) is 5.68.